The van der Waals surface area contributed by atoms with Gasteiger partial charge in [0.25, 0.3) is 0 Å². The smallest absolute Gasteiger partial charge is 0.308 e. The van der Waals surface area contributed by atoms with E-state index in [1.807, 2.05) is 12.1 Å². The first-order valence-corrected chi connectivity index (χ1v) is 8.91. The van der Waals surface area contributed by atoms with Crippen LogP contribution in [0.4, 0.5) is 0 Å². The Labute approximate surface area is 155 Å². The van der Waals surface area contributed by atoms with Crippen LogP contribution in [0, 0.1) is 6.92 Å². The summed E-state index contributed by atoms with van der Waals surface area (Å²) in [5.41, 5.74) is 7.24. The summed E-state index contributed by atoms with van der Waals surface area (Å²) in [7, 11) is 4.18. The highest BCUT2D eigenvalue weighted by Gasteiger charge is 2.17. The van der Waals surface area contributed by atoms with Crippen LogP contribution in [0.2, 0.25) is 0 Å². The summed E-state index contributed by atoms with van der Waals surface area (Å²) in [6.45, 7) is 4.58. The monoisotopic (exact) mass is 347 g/mol. The predicted molar refractivity (Wildman–Crippen MR) is 108 cm³/mol. The van der Waals surface area contributed by atoms with Crippen molar-refractivity contribution in [2.45, 2.75) is 20.3 Å². The van der Waals surface area contributed by atoms with Crippen LogP contribution in [0.25, 0.3) is 17.7 Å². The van der Waals surface area contributed by atoms with Crippen LogP contribution in [-0.2, 0) is 4.79 Å². The molecule has 3 heteroatoms. The molecular formula is C23H25NO2. The third kappa shape index (κ3) is 3.94. The van der Waals surface area contributed by atoms with Gasteiger partial charge in [0.1, 0.15) is 5.75 Å². The summed E-state index contributed by atoms with van der Waals surface area (Å²) in [5.74, 6) is 0.277. The Morgan fingerprint density at radius 1 is 1.12 bits per heavy atom. The Bertz CT molecular complexity index is 891. The van der Waals surface area contributed by atoms with Crippen molar-refractivity contribution < 1.29 is 9.53 Å². The van der Waals surface area contributed by atoms with E-state index in [0.29, 0.717) is 5.75 Å². The summed E-state index contributed by atoms with van der Waals surface area (Å²) >= 11 is 0. The lowest BCUT2D eigenvalue weighted by molar-refractivity contribution is -0.131. The van der Waals surface area contributed by atoms with Crippen molar-refractivity contribution in [1.29, 1.82) is 0 Å². The number of hydrogen-bond acceptors (Lipinski definition) is 3. The normalized spacial score (nSPS) is 14.1. The van der Waals surface area contributed by atoms with Crippen molar-refractivity contribution in [2.75, 3.05) is 20.6 Å². The number of rotatable bonds is 4. The molecule has 1 aliphatic carbocycles. The molecule has 3 nitrogen and oxygen atoms in total. The van der Waals surface area contributed by atoms with Crippen molar-refractivity contribution >= 4 is 23.7 Å². The van der Waals surface area contributed by atoms with Crippen LogP contribution in [0.1, 0.15) is 41.2 Å². The van der Waals surface area contributed by atoms with E-state index in [1.54, 1.807) is 0 Å². The molecule has 0 spiro atoms. The van der Waals surface area contributed by atoms with E-state index in [0.717, 1.165) is 18.5 Å². The topological polar surface area (TPSA) is 29.5 Å². The van der Waals surface area contributed by atoms with Gasteiger partial charge in [0, 0.05) is 13.5 Å². The zero-order chi connectivity index (χ0) is 18.7. The molecule has 0 fully saturated rings. The fourth-order valence-corrected chi connectivity index (χ4v) is 3.34. The quantitative estimate of drug-likeness (QED) is 0.502. The van der Waals surface area contributed by atoms with Gasteiger partial charge < -0.3 is 9.64 Å². The molecule has 134 valence electrons. The number of carbonyl (C=O) groups excluding carboxylic acids is 1. The lowest BCUT2D eigenvalue weighted by Gasteiger charge is -2.16. The fraction of sp³-hybridized carbons (Fsp3) is 0.261. The minimum atomic E-state index is -0.302. The first kappa shape index (κ1) is 18.2. The third-order valence-electron chi connectivity index (χ3n) is 4.52. The highest BCUT2D eigenvalue weighted by molar-refractivity contribution is 5.95. The molecule has 2 aromatic rings. The second-order valence-electron chi connectivity index (χ2n) is 6.92. The van der Waals surface area contributed by atoms with Crippen molar-refractivity contribution in [3.8, 4) is 5.75 Å². The van der Waals surface area contributed by atoms with Crippen molar-refractivity contribution in [2.24, 2.45) is 0 Å². The van der Waals surface area contributed by atoms with Crippen molar-refractivity contribution in [3.63, 3.8) is 0 Å². The van der Waals surface area contributed by atoms with E-state index in [4.69, 9.17) is 4.74 Å². The minimum Gasteiger partial charge on any atom is -0.427 e. The van der Waals surface area contributed by atoms with Crippen LogP contribution in [0.5, 0.6) is 5.75 Å². The molecule has 0 N–H and O–H groups in total. The van der Waals surface area contributed by atoms with Crippen molar-refractivity contribution in [3.05, 3.63) is 70.3 Å². The zero-order valence-electron chi connectivity index (χ0n) is 15.9. The maximum atomic E-state index is 11.3. The molecule has 0 aliphatic heterocycles. The minimum absolute atomic E-state index is 0.302. The van der Waals surface area contributed by atoms with Gasteiger partial charge in [-0.15, -0.1) is 0 Å². The molecule has 0 amide bonds. The van der Waals surface area contributed by atoms with E-state index in [-0.39, 0.29) is 5.97 Å². The van der Waals surface area contributed by atoms with E-state index in [2.05, 4.69) is 68.4 Å². The second-order valence-corrected chi connectivity index (χ2v) is 6.92. The van der Waals surface area contributed by atoms with Crippen molar-refractivity contribution in [1.82, 2.24) is 4.90 Å². The number of hydrogen-bond donors (Lipinski definition) is 0. The largest absolute Gasteiger partial charge is 0.427 e. The van der Waals surface area contributed by atoms with Gasteiger partial charge in [-0.25, -0.2) is 0 Å². The van der Waals surface area contributed by atoms with Gasteiger partial charge in [-0.2, -0.15) is 0 Å². The molecule has 1 aliphatic rings. The number of fused-ring (bicyclic) bond motifs is 2. The molecule has 0 heterocycles. The van der Waals surface area contributed by atoms with Gasteiger partial charge in [-0.1, -0.05) is 42.5 Å². The lowest BCUT2D eigenvalue weighted by atomic mass is 9.89. The molecule has 0 saturated heterocycles. The summed E-state index contributed by atoms with van der Waals surface area (Å²) in [5, 5.41) is 0. The van der Waals surface area contributed by atoms with E-state index in [1.165, 1.54) is 34.8 Å². The number of esters is 1. The van der Waals surface area contributed by atoms with Crippen LogP contribution in [0.15, 0.2) is 42.5 Å². The summed E-state index contributed by atoms with van der Waals surface area (Å²) in [4.78, 5) is 13.5. The van der Waals surface area contributed by atoms with Gasteiger partial charge >= 0.3 is 5.97 Å². The first-order valence-electron chi connectivity index (χ1n) is 8.91. The highest BCUT2D eigenvalue weighted by Crippen LogP contribution is 2.37. The van der Waals surface area contributed by atoms with Crippen LogP contribution in [-0.4, -0.2) is 31.5 Å². The van der Waals surface area contributed by atoms with Gasteiger partial charge in [-0.05, 0) is 73.0 Å². The molecular weight excluding hydrogens is 322 g/mol. The van der Waals surface area contributed by atoms with Gasteiger partial charge in [0.2, 0.25) is 0 Å². The molecule has 0 unspecified atom stereocenters. The average Bonchev–Trinajstić information content (AvgIpc) is 2.72. The predicted octanol–water partition coefficient (Wildman–Crippen LogP) is 4.79. The molecule has 0 radical (unpaired) electrons. The Balaban J connectivity index is 2.13. The molecule has 0 saturated carbocycles. The number of carbonyl (C=O) groups is 1. The SMILES string of the molecule is CC(=O)Oc1ccc2c(c1)C=Cc1cccc(C)c1/C2=C/CCN(C)C. The summed E-state index contributed by atoms with van der Waals surface area (Å²) in [6, 6.07) is 12.3. The maximum absolute atomic E-state index is 11.3. The van der Waals surface area contributed by atoms with Crippen LogP contribution < -0.4 is 4.74 Å². The molecule has 0 bridgehead atoms. The zero-order valence-corrected chi connectivity index (χ0v) is 15.9. The Hall–Kier alpha value is -2.65. The molecule has 3 rings (SSSR count). The third-order valence-corrected chi connectivity index (χ3v) is 4.52. The standard InChI is InChI=1S/C23H25NO2/c1-16-7-5-8-18-10-11-19-15-20(26-17(2)25)12-13-21(19)22(23(16)18)9-6-14-24(3)4/h5,7-13,15H,6,14H2,1-4H3/b22-9+. The molecule has 0 atom stereocenters. The van der Waals surface area contributed by atoms with Crippen LogP contribution in [0.3, 0.4) is 0 Å². The fourth-order valence-electron chi connectivity index (χ4n) is 3.34. The first-order chi connectivity index (χ1) is 12.5. The van der Waals surface area contributed by atoms with Gasteiger partial charge in [-0.3, -0.25) is 4.79 Å². The van der Waals surface area contributed by atoms with Gasteiger partial charge in [0.05, 0.1) is 0 Å². The number of aryl methyl sites for hydroxylation is 1. The molecule has 2 aromatic carbocycles. The average molecular weight is 347 g/mol. The Kier molecular flexibility index (Phi) is 5.38. The number of benzene rings is 2. The van der Waals surface area contributed by atoms with Crippen LogP contribution >= 0.6 is 0 Å². The van der Waals surface area contributed by atoms with E-state index < -0.39 is 0 Å². The van der Waals surface area contributed by atoms with E-state index >= 15 is 0 Å². The number of ether oxygens (including phenoxy) is 1. The Morgan fingerprint density at radius 3 is 2.62 bits per heavy atom. The van der Waals surface area contributed by atoms with Gasteiger partial charge in [0.15, 0.2) is 0 Å². The second kappa shape index (κ2) is 7.71. The maximum Gasteiger partial charge on any atom is 0.308 e. The summed E-state index contributed by atoms with van der Waals surface area (Å²) in [6.07, 6.45) is 7.54. The lowest BCUT2D eigenvalue weighted by Crippen LogP contribution is -2.12. The summed E-state index contributed by atoms with van der Waals surface area (Å²) < 4.78 is 5.27. The molecule has 26 heavy (non-hydrogen) atoms. The number of nitrogens with zero attached hydrogens (tertiary/aromatic N) is 1. The Morgan fingerprint density at radius 2 is 1.88 bits per heavy atom. The highest BCUT2D eigenvalue weighted by atomic mass is 16.5. The van der Waals surface area contributed by atoms with E-state index in [9.17, 15) is 4.79 Å². The molecule has 0 aromatic heterocycles.